The molecule has 0 fully saturated rings. The van der Waals surface area contributed by atoms with Gasteiger partial charge in [0.15, 0.2) is 0 Å². The van der Waals surface area contributed by atoms with E-state index in [9.17, 15) is 4.79 Å². The summed E-state index contributed by atoms with van der Waals surface area (Å²) >= 11 is 6.33. The minimum absolute atomic E-state index is 0.270. The fourth-order valence-electron chi connectivity index (χ4n) is 2.77. The average Bonchev–Trinajstić information content (AvgIpc) is 2.69. The normalized spacial score (nSPS) is 10.4. The molecule has 0 saturated carbocycles. The number of ether oxygens (including phenoxy) is 1. The molecule has 1 amide bonds. The van der Waals surface area contributed by atoms with E-state index in [1.807, 2.05) is 50.2 Å². The first-order chi connectivity index (χ1) is 13.5. The molecule has 7 heteroatoms. The highest BCUT2D eigenvalue weighted by molar-refractivity contribution is 6.33. The summed E-state index contributed by atoms with van der Waals surface area (Å²) in [6, 6.07) is 13.0. The van der Waals surface area contributed by atoms with E-state index in [0.29, 0.717) is 17.4 Å². The number of halogens is 1. The zero-order valence-electron chi connectivity index (χ0n) is 15.9. The smallest absolute Gasteiger partial charge is 0.270 e. The molecule has 2 N–H and O–H groups in total. The predicted octanol–water partition coefficient (Wildman–Crippen LogP) is 4.43. The first kappa shape index (κ1) is 19.6. The molecule has 1 heterocycles. The molecule has 144 valence electrons. The zero-order valence-corrected chi connectivity index (χ0v) is 16.7. The van der Waals surface area contributed by atoms with E-state index in [0.717, 1.165) is 28.1 Å². The maximum absolute atomic E-state index is 12.4. The topological polar surface area (TPSA) is 76.1 Å². The van der Waals surface area contributed by atoms with Crippen molar-refractivity contribution in [3.05, 3.63) is 76.2 Å². The van der Waals surface area contributed by atoms with Crippen LogP contribution in [0, 0.1) is 13.8 Å². The lowest BCUT2D eigenvalue weighted by Crippen LogP contribution is -2.24. The molecule has 28 heavy (non-hydrogen) atoms. The van der Waals surface area contributed by atoms with Crippen molar-refractivity contribution in [1.29, 1.82) is 0 Å². The van der Waals surface area contributed by atoms with E-state index in [4.69, 9.17) is 16.3 Å². The summed E-state index contributed by atoms with van der Waals surface area (Å²) in [5.74, 6) is 0.984. The Balaban J connectivity index is 1.69. The Bertz CT molecular complexity index is 967. The van der Waals surface area contributed by atoms with Gasteiger partial charge in [-0.05, 0) is 48.7 Å². The standard InChI is InChI=1S/C21H21ClN4O2/c1-13-8-14(2)20(17(22)9-13)26-19-10-18(24-12-25-19)21(27)23-11-15-4-6-16(28-3)7-5-15/h4-10,12H,11H2,1-3H3,(H,23,27)(H,24,25,26). The van der Waals surface area contributed by atoms with Crippen LogP contribution in [-0.2, 0) is 6.54 Å². The summed E-state index contributed by atoms with van der Waals surface area (Å²) in [4.78, 5) is 20.7. The van der Waals surface area contributed by atoms with Crippen LogP contribution < -0.4 is 15.4 Å². The van der Waals surface area contributed by atoms with Gasteiger partial charge in [0.05, 0.1) is 17.8 Å². The Morgan fingerprint density at radius 1 is 1.11 bits per heavy atom. The van der Waals surface area contributed by atoms with Gasteiger partial charge in [-0.1, -0.05) is 29.8 Å². The lowest BCUT2D eigenvalue weighted by molar-refractivity contribution is 0.0946. The Morgan fingerprint density at radius 2 is 1.86 bits per heavy atom. The number of carbonyl (C=O) groups excluding carboxylic acids is 1. The molecular weight excluding hydrogens is 376 g/mol. The third kappa shape index (κ3) is 4.78. The molecule has 6 nitrogen and oxygen atoms in total. The number of amides is 1. The van der Waals surface area contributed by atoms with Gasteiger partial charge in [-0.15, -0.1) is 0 Å². The molecule has 3 rings (SSSR count). The van der Waals surface area contributed by atoms with Crippen molar-refractivity contribution < 1.29 is 9.53 Å². The van der Waals surface area contributed by atoms with Crippen molar-refractivity contribution in [3.63, 3.8) is 0 Å². The minimum Gasteiger partial charge on any atom is -0.497 e. The number of rotatable bonds is 6. The van der Waals surface area contributed by atoms with Crippen LogP contribution in [0.1, 0.15) is 27.2 Å². The Labute approximate surface area is 168 Å². The number of hydrogen-bond acceptors (Lipinski definition) is 5. The van der Waals surface area contributed by atoms with Crippen LogP contribution in [0.15, 0.2) is 48.8 Å². The van der Waals surface area contributed by atoms with Gasteiger partial charge in [0.1, 0.15) is 23.6 Å². The number of anilines is 2. The fourth-order valence-corrected chi connectivity index (χ4v) is 3.14. The monoisotopic (exact) mass is 396 g/mol. The molecule has 0 aliphatic heterocycles. The summed E-state index contributed by atoms with van der Waals surface area (Å²) in [5.41, 5.74) is 4.06. The van der Waals surface area contributed by atoms with Gasteiger partial charge in [0, 0.05) is 12.6 Å². The van der Waals surface area contributed by atoms with Gasteiger partial charge < -0.3 is 15.4 Å². The van der Waals surface area contributed by atoms with Gasteiger partial charge in [0.2, 0.25) is 0 Å². The van der Waals surface area contributed by atoms with Crippen molar-refractivity contribution in [2.24, 2.45) is 0 Å². The number of nitrogens with zero attached hydrogens (tertiary/aromatic N) is 2. The number of carbonyl (C=O) groups is 1. The number of hydrogen-bond donors (Lipinski definition) is 2. The van der Waals surface area contributed by atoms with E-state index in [2.05, 4.69) is 20.6 Å². The second-order valence-electron chi connectivity index (χ2n) is 6.38. The highest BCUT2D eigenvalue weighted by Gasteiger charge is 2.11. The van der Waals surface area contributed by atoms with Gasteiger partial charge >= 0.3 is 0 Å². The summed E-state index contributed by atoms with van der Waals surface area (Å²) in [6.45, 7) is 4.34. The summed E-state index contributed by atoms with van der Waals surface area (Å²) < 4.78 is 5.13. The van der Waals surface area contributed by atoms with E-state index in [1.54, 1.807) is 13.2 Å². The third-order valence-corrected chi connectivity index (χ3v) is 4.49. The van der Waals surface area contributed by atoms with Gasteiger partial charge in [-0.3, -0.25) is 4.79 Å². The van der Waals surface area contributed by atoms with Crippen molar-refractivity contribution >= 4 is 29.0 Å². The first-order valence-corrected chi connectivity index (χ1v) is 9.11. The van der Waals surface area contributed by atoms with Gasteiger partial charge in [-0.2, -0.15) is 0 Å². The molecule has 0 spiro atoms. The molecule has 0 bridgehead atoms. The molecule has 3 aromatic rings. The summed E-state index contributed by atoms with van der Waals surface area (Å²) in [6.07, 6.45) is 1.35. The molecule has 0 atom stereocenters. The van der Waals surface area contributed by atoms with E-state index < -0.39 is 0 Å². The van der Waals surface area contributed by atoms with Crippen LogP contribution in [0.2, 0.25) is 5.02 Å². The highest BCUT2D eigenvalue weighted by atomic mass is 35.5. The lowest BCUT2D eigenvalue weighted by Gasteiger charge is -2.12. The maximum Gasteiger partial charge on any atom is 0.270 e. The van der Waals surface area contributed by atoms with Crippen LogP contribution in [0.25, 0.3) is 0 Å². The lowest BCUT2D eigenvalue weighted by atomic mass is 10.1. The molecule has 0 unspecified atom stereocenters. The number of methoxy groups -OCH3 is 1. The number of benzene rings is 2. The number of aromatic nitrogens is 2. The van der Waals surface area contributed by atoms with Crippen LogP contribution >= 0.6 is 11.6 Å². The van der Waals surface area contributed by atoms with Crippen LogP contribution in [0.4, 0.5) is 11.5 Å². The zero-order chi connectivity index (χ0) is 20.1. The van der Waals surface area contributed by atoms with Crippen molar-refractivity contribution in [1.82, 2.24) is 15.3 Å². The minimum atomic E-state index is -0.284. The Hall–Kier alpha value is -3.12. The Kier molecular flexibility index (Phi) is 6.11. The van der Waals surface area contributed by atoms with Crippen molar-refractivity contribution in [2.45, 2.75) is 20.4 Å². The summed E-state index contributed by atoms with van der Waals surface area (Å²) in [7, 11) is 1.61. The molecule has 0 radical (unpaired) electrons. The quantitative estimate of drug-likeness (QED) is 0.644. The second-order valence-corrected chi connectivity index (χ2v) is 6.79. The van der Waals surface area contributed by atoms with E-state index >= 15 is 0 Å². The fraction of sp³-hybridized carbons (Fsp3) is 0.190. The van der Waals surface area contributed by atoms with Crippen LogP contribution in [-0.4, -0.2) is 23.0 Å². The average molecular weight is 397 g/mol. The SMILES string of the molecule is COc1ccc(CNC(=O)c2cc(Nc3c(C)cc(C)cc3Cl)ncn2)cc1. The van der Waals surface area contributed by atoms with Crippen LogP contribution in [0.3, 0.4) is 0 Å². The second kappa shape index (κ2) is 8.71. The number of aryl methyl sites for hydroxylation is 2. The van der Waals surface area contributed by atoms with Crippen molar-refractivity contribution in [2.75, 3.05) is 12.4 Å². The number of nitrogens with one attached hydrogen (secondary N) is 2. The molecule has 1 aromatic heterocycles. The van der Waals surface area contributed by atoms with Gasteiger partial charge in [-0.25, -0.2) is 9.97 Å². The van der Waals surface area contributed by atoms with E-state index in [1.165, 1.54) is 6.33 Å². The molecular formula is C21H21ClN4O2. The first-order valence-electron chi connectivity index (χ1n) is 8.73. The predicted molar refractivity (Wildman–Crippen MR) is 110 cm³/mol. The van der Waals surface area contributed by atoms with E-state index in [-0.39, 0.29) is 11.6 Å². The largest absolute Gasteiger partial charge is 0.497 e. The van der Waals surface area contributed by atoms with Gasteiger partial charge in [0.25, 0.3) is 5.91 Å². The maximum atomic E-state index is 12.4. The molecule has 0 aliphatic carbocycles. The Morgan fingerprint density at radius 3 is 2.54 bits per heavy atom. The van der Waals surface area contributed by atoms with Crippen LogP contribution in [0.5, 0.6) is 5.75 Å². The van der Waals surface area contributed by atoms with Crippen molar-refractivity contribution in [3.8, 4) is 5.75 Å². The summed E-state index contributed by atoms with van der Waals surface area (Å²) in [5, 5.41) is 6.62. The molecule has 2 aromatic carbocycles. The molecule has 0 aliphatic rings. The molecule has 0 saturated heterocycles. The highest BCUT2D eigenvalue weighted by Crippen LogP contribution is 2.29. The third-order valence-electron chi connectivity index (χ3n) is 4.20.